The standard InChI is InChI=1S/C47H38B2N4O2/c1-53(2)45-29-27-38(28-30-45)47(55-49(41-19-11-5-12-20-41)42-21-13-6-14-22-42)33-44-31-43(51-35-52-44)32-46(37-25-23-36(34-50)24-26-37)54-48(39-15-7-3-8-16-39)40-17-9-4-10-18-40/h3-33,35H,1-2H3/b46-32+,47-33+. The Labute approximate surface area is 323 Å². The van der Waals surface area contributed by atoms with Crippen molar-refractivity contribution in [2.45, 2.75) is 0 Å². The highest BCUT2D eigenvalue weighted by Crippen LogP contribution is 2.25. The van der Waals surface area contributed by atoms with Crippen molar-refractivity contribution in [1.29, 1.82) is 5.26 Å². The molecule has 55 heavy (non-hydrogen) atoms. The van der Waals surface area contributed by atoms with Gasteiger partial charge in [-0.25, -0.2) is 9.97 Å². The molecular formula is C47H38B2N4O2. The predicted molar refractivity (Wildman–Crippen MR) is 228 cm³/mol. The molecule has 1 aromatic heterocycles. The number of hydrogen-bond donors (Lipinski definition) is 0. The second-order valence-corrected chi connectivity index (χ2v) is 13.2. The normalized spacial score (nSPS) is 11.3. The first-order valence-electron chi connectivity index (χ1n) is 18.1. The van der Waals surface area contributed by atoms with E-state index in [4.69, 9.17) is 9.31 Å². The van der Waals surface area contributed by atoms with Crippen LogP contribution in [-0.4, -0.2) is 37.9 Å². The first kappa shape index (κ1) is 36.3. The van der Waals surface area contributed by atoms with Crippen LogP contribution in [0.1, 0.15) is 28.1 Å². The second-order valence-electron chi connectivity index (χ2n) is 13.2. The fraction of sp³-hybridized carbons (Fsp3) is 0.0426. The van der Waals surface area contributed by atoms with Gasteiger partial charge in [0.15, 0.2) is 0 Å². The Hall–Kier alpha value is -7.10. The molecule has 7 rings (SSSR count). The molecule has 1 heterocycles. The van der Waals surface area contributed by atoms with Gasteiger partial charge in [0.2, 0.25) is 0 Å². The van der Waals surface area contributed by atoms with Crippen LogP contribution in [-0.2, 0) is 9.31 Å². The topological polar surface area (TPSA) is 71.3 Å². The molecule has 6 nitrogen and oxygen atoms in total. The molecule has 0 unspecified atom stereocenters. The van der Waals surface area contributed by atoms with E-state index in [1.165, 1.54) is 0 Å². The molecule has 0 aliphatic carbocycles. The summed E-state index contributed by atoms with van der Waals surface area (Å²) >= 11 is 0. The van der Waals surface area contributed by atoms with E-state index >= 15 is 0 Å². The lowest BCUT2D eigenvalue weighted by Crippen LogP contribution is -2.44. The van der Waals surface area contributed by atoms with Crippen molar-refractivity contribution >= 4 is 65.0 Å². The molecule has 264 valence electrons. The highest BCUT2D eigenvalue weighted by atomic mass is 16.4. The lowest BCUT2D eigenvalue weighted by Gasteiger charge is -2.21. The molecule has 0 atom stereocenters. The minimum atomic E-state index is -0.399. The molecule has 6 aromatic carbocycles. The van der Waals surface area contributed by atoms with E-state index in [0.717, 1.165) is 38.7 Å². The first-order chi connectivity index (χ1) is 27.0. The van der Waals surface area contributed by atoms with Gasteiger partial charge in [0, 0.05) is 43.1 Å². The molecule has 0 radical (unpaired) electrons. The van der Waals surface area contributed by atoms with E-state index in [-0.39, 0.29) is 6.92 Å². The zero-order chi connectivity index (χ0) is 37.8. The van der Waals surface area contributed by atoms with Gasteiger partial charge in [-0.3, -0.25) is 0 Å². The molecule has 0 spiro atoms. The lowest BCUT2D eigenvalue weighted by atomic mass is 9.55. The number of aromatic nitrogens is 2. The van der Waals surface area contributed by atoms with Crippen LogP contribution in [0.15, 0.2) is 182 Å². The molecule has 0 aliphatic rings. The maximum absolute atomic E-state index is 9.52. The molecule has 7 aromatic rings. The summed E-state index contributed by atoms with van der Waals surface area (Å²) in [7, 11) is 4.05. The van der Waals surface area contributed by atoms with Gasteiger partial charge in [-0.05, 0) is 64.3 Å². The Bertz CT molecular complexity index is 2320. The molecular weight excluding hydrogens is 674 g/mol. The van der Waals surface area contributed by atoms with E-state index in [1.807, 2.05) is 117 Å². The van der Waals surface area contributed by atoms with Crippen molar-refractivity contribution in [2.24, 2.45) is 0 Å². The quantitative estimate of drug-likeness (QED) is 0.0943. The number of nitriles is 1. The van der Waals surface area contributed by atoms with Gasteiger partial charge in [0.1, 0.15) is 17.8 Å². The molecule has 0 aliphatic heterocycles. The number of rotatable bonds is 13. The smallest absolute Gasteiger partial charge is 0.426 e. The number of nitrogens with zero attached hydrogens (tertiary/aromatic N) is 4. The maximum Gasteiger partial charge on any atom is 0.426 e. The zero-order valence-corrected chi connectivity index (χ0v) is 30.7. The molecule has 0 fully saturated rings. The molecule has 0 bridgehead atoms. The molecule has 0 N–H and O–H groups in total. The SMILES string of the molecule is CN(C)c1ccc(/C(=C\c2cc(/C=C(/OB(c3ccccc3)c3ccccc3)c3ccc(C#N)cc3)ncn2)OB(c2ccccc2)c2ccccc2)cc1. The number of anilines is 1. The number of hydrogen-bond acceptors (Lipinski definition) is 6. The summed E-state index contributed by atoms with van der Waals surface area (Å²) < 4.78 is 13.9. The molecule has 0 saturated heterocycles. The average Bonchev–Trinajstić information content (AvgIpc) is 3.25. The van der Waals surface area contributed by atoms with Crippen LogP contribution in [0.3, 0.4) is 0 Å². The summed E-state index contributed by atoms with van der Waals surface area (Å²) in [6.07, 6.45) is 5.43. The Kier molecular flexibility index (Phi) is 11.6. The minimum absolute atomic E-state index is 0.368. The highest BCUT2D eigenvalue weighted by molar-refractivity contribution is 6.81. The molecule has 0 saturated carbocycles. The van der Waals surface area contributed by atoms with Crippen LogP contribution in [0, 0.1) is 11.3 Å². The van der Waals surface area contributed by atoms with E-state index in [0.29, 0.717) is 28.5 Å². The Morgan fingerprint density at radius 3 is 1.24 bits per heavy atom. The number of benzene rings is 6. The Morgan fingerprint density at radius 1 is 0.527 bits per heavy atom. The third-order valence-corrected chi connectivity index (χ3v) is 9.13. The van der Waals surface area contributed by atoms with Crippen molar-refractivity contribution < 1.29 is 9.31 Å². The van der Waals surface area contributed by atoms with Crippen LogP contribution in [0.5, 0.6) is 0 Å². The minimum Gasteiger partial charge on any atom is -0.551 e. The summed E-state index contributed by atoms with van der Waals surface area (Å²) in [5.74, 6) is 1.26. The van der Waals surface area contributed by atoms with Crippen molar-refractivity contribution in [3.05, 3.63) is 210 Å². The van der Waals surface area contributed by atoms with Crippen LogP contribution >= 0.6 is 0 Å². The molecule has 8 heteroatoms. The van der Waals surface area contributed by atoms with Gasteiger partial charge >= 0.3 is 13.8 Å². The van der Waals surface area contributed by atoms with E-state index in [9.17, 15) is 5.26 Å². The summed E-state index contributed by atoms with van der Waals surface area (Å²) in [4.78, 5) is 11.4. The van der Waals surface area contributed by atoms with Gasteiger partial charge in [0.05, 0.1) is 23.0 Å². The Balaban J connectivity index is 1.31. The van der Waals surface area contributed by atoms with Crippen molar-refractivity contribution in [2.75, 3.05) is 19.0 Å². The van der Waals surface area contributed by atoms with Crippen molar-refractivity contribution in [1.82, 2.24) is 9.97 Å². The van der Waals surface area contributed by atoms with Gasteiger partial charge in [-0.15, -0.1) is 0 Å². The summed E-state index contributed by atoms with van der Waals surface area (Å²) in [5.41, 5.74) is 8.76. The van der Waals surface area contributed by atoms with Crippen LogP contribution in [0.4, 0.5) is 5.69 Å². The highest BCUT2D eigenvalue weighted by Gasteiger charge is 2.26. The summed E-state index contributed by atoms with van der Waals surface area (Å²) in [5, 5.41) is 9.52. The van der Waals surface area contributed by atoms with Crippen molar-refractivity contribution in [3.8, 4) is 6.07 Å². The fourth-order valence-electron chi connectivity index (χ4n) is 6.24. The monoisotopic (exact) mass is 712 g/mol. The lowest BCUT2D eigenvalue weighted by molar-refractivity contribution is 0.551. The predicted octanol–water partition coefficient (Wildman–Crippen LogP) is 7.06. The van der Waals surface area contributed by atoms with Gasteiger partial charge in [0.25, 0.3) is 0 Å². The molecule has 0 amide bonds. The van der Waals surface area contributed by atoms with Gasteiger partial charge in [-0.2, -0.15) is 5.26 Å². The second kappa shape index (κ2) is 17.6. The third kappa shape index (κ3) is 9.29. The zero-order valence-electron chi connectivity index (χ0n) is 30.7. The fourth-order valence-corrected chi connectivity index (χ4v) is 6.24. The third-order valence-electron chi connectivity index (χ3n) is 9.13. The van der Waals surface area contributed by atoms with E-state index in [1.54, 1.807) is 18.5 Å². The van der Waals surface area contributed by atoms with Crippen LogP contribution in [0.25, 0.3) is 23.7 Å². The first-order valence-corrected chi connectivity index (χ1v) is 18.1. The van der Waals surface area contributed by atoms with Gasteiger partial charge in [-0.1, -0.05) is 133 Å². The average molecular weight is 712 g/mol. The largest absolute Gasteiger partial charge is 0.551 e. The van der Waals surface area contributed by atoms with Crippen LogP contribution < -0.4 is 26.8 Å². The van der Waals surface area contributed by atoms with E-state index < -0.39 is 6.92 Å². The maximum atomic E-state index is 9.52. The van der Waals surface area contributed by atoms with Crippen molar-refractivity contribution in [3.63, 3.8) is 0 Å². The van der Waals surface area contributed by atoms with Gasteiger partial charge < -0.3 is 14.2 Å². The van der Waals surface area contributed by atoms with E-state index in [2.05, 4.69) is 93.7 Å². The Morgan fingerprint density at radius 2 is 0.891 bits per heavy atom. The van der Waals surface area contributed by atoms with Crippen LogP contribution in [0.2, 0.25) is 0 Å². The summed E-state index contributed by atoms with van der Waals surface area (Å²) in [6, 6.07) is 60.6. The summed E-state index contributed by atoms with van der Waals surface area (Å²) in [6.45, 7) is -0.767.